The molecular formula is C18H18FN3O2. The Balaban J connectivity index is 1.61. The van der Waals surface area contributed by atoms with Gasteiger partial charge in [-0.2, -0.15) is 0 Å². The van der Waals surface area contributed by atoms with Crippen LogP contribution in [0.25, 0.3) is 4.85 Å². The van der Waals surface area contributed by atoms with E-state index in [4.69, 9.17) is 16.0 Å². The molecule has 0 radical (unpaired) electrons. The van der Waals surface area contributed by atoms with Crippen molar-refractivity contribution in [2.24, 2.45) is 0 Å². The lowest BCUT2D eigenvalue weighted by Crippen LogP contribution is -2.34. The lowest BCUT2D eigenvalue weighted by Gasteiger charge is -2.23. The molecule has 24 heavy (non-hydrogen) atoms. The predicted octanol–water partition coefficient (Wildman–Crippen LogP) is 3.48. The summed E-state index contributed by atoms with van der Waals surface area (Å²) in [7, 11) is 0. The van der Waals surface area contributed by atoms with E-state index in [2.05, 4.69) is 15.1 Å². The minimum atomic E-state index is -0.550. The molecule has 1 fully saturated rings. The largest absolute Gasteiger partial charge is 0.484 e. The zero-order chi connectivity index (χ0) is 16.8. The molecule has 1 aliphatic rings. The third-order valence-corrected chi connectivity index (χ3v) is 3.77. The summed E-state index contributed by atoms with van der Waals surface area (Å²) < 4.78 is 25.2. The average Bonchev–Trinajstić information content (AvgIpc) is 2.62. The summed E-state index contributed by atoms with van der Waals surface area (Å²) in [6.45, 7) is 8.91. The highest BCUT2D eigenvalue weighted by Crippen LogP contribution is 2.24. The van der Waals surface area contributed by atoms with E-state index in [0.29, 0.717) is 11.6 Å². The summed E-state index contributed by atoms with van der Waals surface area (Å²) >= 11 is 0. The topological polar surface area (TPSA) is 47.7 Å². The van der Waals surface area contributed by atoms with Gasteiger partial charge in [0, 0.05) is 6.07 Å². The zero-order valence-electron chi connectivity index (χ0n) is 13.2. The molecule has 1 saturated heterocycles. The minimum absolute atomic E-state index is 0.105. The first-order valence-electron chi connectivity index (χ1n) is 7.88. The van der Waals surface area contributed by atoms with Crippen LogP contribution in [0, 0.1) is 12.4 Å². The highest BCUT2D eigenvalue weighted by Gasteiger charge is 2.15. The van der Waals surface area contributed by atoms with Crippen molar-refractivity contribution in [2.45, 2.75) is 25.6 Å². The smallest absolute Gasteiger partial charge is 0.213 e. The second-order valence-electron chi connectivity index (χ2n) is 5.55. The van der Waals surface area contributed by atoms with E-state index in [1.54, 1.807) is 6.07 Å². The molecule has 0 aliphatic carbocycles. The van der Waals surface area contributed by atoms with Gasteiger partial charge in [0.25, 0.3) is 0 Å². The Hall–Kier alpha value is -2.65. The second kappa shape index (κ2) is 7.75. The van der Waals surface area contributed by atoms with Crippen LogP contribution in [0.5, 0.6) is 11.6 Å². The summed E-state index contributed by atoms with van der Waals surface area (Å²) in [5, 5.41) is 3.29. The molecule has 0 amide bonds. The van der Waals surface area contributed by atoms with Gasteiger partial charge in [-0.3, -0.25) is 0 Å². The van der Waals surface area contributed by atoms with Crippen LogP contribution >= 0.6 is 0 Å². The maximum Gasteiger partial charge on any atom is 0.213 e. The average molecular weight is 327 g/mol. The summed E-state index contributed by atoms with van der Waals surface area (Å²) in [4.78, 5) is 7.59. The molecule has 1 N–H and O–H groups in total. The summed E-state index contributed by atoms with van der Waals surface area (Å²) in [5.41, 5.74) is 0.908. The molecule has 124 valence electrons. The standard InChI is InChI=1S/C18H18FN3O2/c1-20-13-5-6-17(16(19)11-13)23-12-14-3-2-4-18(22-14)24-15-7-9-21-10-8-15/h2-6,11,15,21H,7-10,12H2. The van der Waals surface area contributed by atoms with E-state index < -0.39 is 5.82 Å². The quantitative estimate of drug-likeness (QED) is 0.854. The Bertz CT molecular complexity index is 739. The Morgan fingerprint density at radius 3 is 2.83 bits per heavy atom. The van der Waals surface area contributed by atoms with Gasteiger partial charge in [-0.05, 0) is 44.1 Å². The first-order valence-corrected chi connectivity index (χ1v) is 7.88. The van der Waals surface area contributed by atoms with Crippen molar-refractivity contribution in [1.29, 1.82) is 0 Å². The number of halogens is 1. The number of rotatable bonds is 5. The highest BCUT2D eigenvalue weighted by molar-refractivity contribution is 5.47. The van der Waals surface area contributed by atoms with Gasteiger partial charge in [0.05, 0.1) is 12.3 Å². The Morgan fingerprint density at radius 2 is 2.08 bits per heavy atom. The van der Waals surface area contributed by atoms with Gasteiger partial charge in [-0.25, -0.2) is 14.2 Å². The normalized spacial score (nSPS) is 14.8. The van der Waals surface area contributed by atoms with E-state index in [0.717, 1.165) is 32.0 Å². The Kier molecular flexibility index (Phi) is 5.24. The van der Waals surface area contributed by atoms with Crippen molar-refractivity contribution in [3.8, 4) is 11.6 Å². The fourth-order valence-corrected chi connectivity index (χ4v) is 2.52. The van der Waals surface area contributed by atoms with Crippen LogP contribution < -0.4 is 14.8 Å². The molecule has 0 bridgehead atoms. The predicted molar refractivity (Wildman–Crippen MR) is 87.8 cm³/mol. The number of nitrogens with one attached hydrogen (secondary N) is 1. The van der Waals surface area contributed by atoms with E-state index in [1.165, 1.54) is 12.1 Å². The van der Waals surface area contributed by atoms with Gasteiger partial charge in [0.2, 0.25) is 5.88 Å². The van der Waals surface area contributed by atoms with E-state index in [-0.39, 0.29) is 24.1 Å². The molecule has 3 rings (SSSR count). The molecule has 0 spiro atoms. The van der Waals surface area contributed by atoms with Gasteiger partial charge in [0.15, 0.2) is 17.3 Å². The van der Waals surface area contributed by atoms with E-state index >= 15 is 0 Å². The Labute approximate surface area is 140 Å². The van der Waals surface area contributed by atoms with Crippen LogP contribution in [-0.2, 0) is 6.61 Å². The lowest BCUT2D eigenvalue weighted by molar-refractivity contribution is 0.155. The Morgan fingerprint density at radius 1 is 1.25 bits per heavy atom. The highest BCUT2D eigenvalue weighted by atomic mass is 19.1. The van der Waals surface area contributed by atoms with Crippen LogP contribution in [0.3, 0.4) is 0 Å². The first-order chi connectivity index (χ1) is 11.7. The lowest BCUT2D eigenvalue weighted by atomic mass is 10.1. The minimum Gasteiger partial charge on any atom is -0.484 e. The van der Waals surface area contributed by atoms with Crippen LogP contribution in [0.4, 0.5) is 10.1 Å². The van der Waals surface area contributed by atoms with Gasteiger partial charge in [-0.15, -0.1) is 0 Å². The van der Waals surface area contributed by atoms with Gasteiger partial charge in [-0.1, -0.05) is 12.1 Å². The molecule has 5 nitrogen and oxygen atoms in total. The second-order valence-corrected chi connectivity index (χ2v) is 5.55. The van der Waals surface area contributed by atoms with Crippen LogP contribution in [-0.4, -0.2) is 24.2 Å². The molecule has 0 atom stereocenters. The van der Waals surface area contributed by atoms with Crippen LogP contribution in [0.2, 0.25) is 0 Å². The summed E-state index contributed by atoms with van der Waals surface area (Å²) in [6, 6.07) is 9.61. The SMILES string of the molecule is [C-]#[N+]c1ccc(OCc2cccc(OC3CCNCC3)n2)c(F)c1. The van der Waals surface area contributed by atoms with Crippen molar-refractivity contribution in [3.63, 3.8) is 0 Å². The van der Waals surface area contributed by atoms with Crippen molar-refractivity contribution < 1.29 is 13.9 Å². The molecule has 2 aromatic rings. The molecule has 1 aliphatic heterocycles. The monoisotopic (exact) mass is 327 g/mol. The number of ether oxygens (including phenoxy) is 2. The number of aromatic nitrogens is 1. The number of hydrogen-bond acceptors (Lipinski definition) is 4. The van der Waals surface area contributed by atoms with Crippen molar-refractivity contribution in [2.75, 3.05) is 13.1 Å². The third kappa shape index (κ3) is 4.21. The van der Waals surface area contributed by atoms with Crippen molar-refractivity contribution in [3.05, 3.63) is 59.3 Å². The summed E-state index contributed by atoms with van der Waals surface area (Å²) in [6.07, 6.45) is 2.09. The zero-order valence-corrected chi connectivity index (χ0v) is 13.2. The number of benzene rings is 1. The first kappa shape index (κ1) is 16.2. The molecule has 2 heterocycles. The third-order valence-electron chi connectivity index (χ3n) is 3.77. The van der Waals surface area contributed by atoms with Gasteiger partial charge >= 0.3 is 0 Å². The molecule has 6 heteroatoms. The molecular weight excluding hydrogens is 309 g/mol. The molecule has 0 unspecified atom stereocenters. The number of hydrogen-bond donors (Lipinski definition) is 1. The summed E-state index contributed by atoms with van der Waals surface area (Å²) in [5.74, 6) is 0.117. The maximum atomic E-state index is 13.8. The number of piperidine rings is 1. The van der Waals surface area contributed by atoms with Gasteiger partial charge in [0.1, 0.15) is 12.7 Å². The molecule has 1 aromatic carbocycles. The van der Waals surface area contributed by atoms with E-state index in [1.807, 2.05) is 12.1 Å². The fraction of sp³-hybridized carbons (Fsp3) is 0.333. The molecule has 0 saturated carbocycles. The van der Waals surface area contributed by atoms with Crippen LogP contribution in [0.1, 0.15) is 18.5 Å². The number of nitrogens with zero attached hydrogens (tertiary/aromatic N) is 2. The van der Waals surface area contributed by atoms with Gasteiger partial charge < -0.3 is 14.8 Å². The molecule has 1 aromatic heterocycles. The fourth-order valence-electron chi connectivity index (χ4n) is 2.52. The van der Waals surface area contributed by atoms with Crippen LogP contribution in [0.15, 0.2) is 36.4 Å². The number of pyridine rings is 1. The van der Waals surface area contributed by atoms with Crippen molar-refractivity contribution >= 4 is 5.69 Å². The maximum absolute atomic E-state index is 13.8. The van der Waals surface area contributed by atoms with E-state index in [9.17, 15) is 4.39 Å². The van der Waals surface area contributed by atoms with Crippen molar-refractivity contribution in [1.82, 2.24) is 10.3 Å².